The Morgan fingerprint density at radius 2 is 1.39 bits per heavy atom. The summed E-state index contributed by atoms with van der Waals surface area (Å²) in [5, 5.41) is 3.78. The molecular weight excluding hydrogens is 258 g/mol. The fraction of sp³-hybridized carbons (Fsp3) is 0.133. The molecule has 2 aromatic carbocycles. The first kappa shape index (κ1) is 11.8. The number of thiocarbonyl (C=S) groups is 1. The van der Waals surface area contributed by atoms with E-state index in [1.807, 2.05) is 12.1 Å². The summed E-state index contributed by atoms with van der Waals surface area (Å²) in [5.74, 6) is 0. The van der Waals surface area contributed by atoms with Crippen molar-refractivity contribution >= 4 is 28.3 Å². The first-order valence-electron chi connectivity index (χ1n) is 5.91. The highest BCUT2D eigenvalue weighted by Crippen LogP contribution is 2.45. The van der Waals surface area contributed by atoms with Gasteiger partial charge in [-0.15, -0.1) is 0 Å². The lowest BCUT2D eigenvalue weighted by atomic mass is 9.99. The molecule has 2 aromatic rings. The Morgan fingerprint density at radius 1 is 0.833 bits per heavy atom. The van der Waals surface area contributed by atoms with Crippen LogP contribution in [0, 0.1) is 0 Å². The Kier molecular flexibility index (Phi) is 3.35. The molecule has 0 radical (unpaired) electrons. The highest BCUT2D eigenvalue weighted by atomic mass is 32.2. The zero-order valence-corrected chi connectivity index (χ0v) is 11.4. The largest absolute Gasteiger partial charge is 0.363 e. The van der Waals surface area contributed by atoms with Gasteiger partial charge in [0.05, 0.1) is 11.3 Å². The van der Waals surface area contributed by atoms with Gasteiger partial charge in [0.25, 0.3) is 0 Å². The van der Waals surface area contributed by atoms with Crippen molar-refractivity contribution in [2.45, 2.75) is 11.3 Å². The van der Waals surface area contributed by atoms with E-state index in [-0.39, 0.29) is 6.04 Å². The van der Waals surface area contributed by atoms with E-state index in [1.165, 1.54) is 11.1 Å². The third-order valence-corrected chi connectivity index (χ3v) is 4.63. The molecular formula is C15H13NS2. The molecule has 0 saturated carbocycles. The molecule has 0 aliphatic carbocycles. The number of hydrogen-bond acceptors (Lipinski definition) is 2. The Hall–Kier alpha value is -1.32. The van der Waals surface area contributed by atoms with Crippen LogP contribution in [0.2, 0.25) is 0 Å². The predicted molar refractivity (Wildman–Crippen MR) is 81.7 cm³/mol. The topological polar surface area (TPSA) is 12.0 Å². The van der Waals surface area contributed by atoms with E-state index < -0.39 is 0 Å². The van der Waals surface area contributed by atoms with Gasteiger partial charge in [0, 0.05) is 0 Å². The molecule has 1 saturated heterocycles. The maximum atomic E-state index is 5.32. The number of thioether (sulfide) groups is 1. The second-order valence-corrected chi connectivity index (χ2v) is 6.09. The van der Waals surface area contributed by atoms with Crippen LogP contribution >= 0.6 is 24.0 Å². The minimum atomic E-state index is 0.270. The molecule has 2 atom stereocenters. The number of hydrogen-bond donors (Lipinski definition) is 1. The summed E-state index contributed by atoms with van der Waals surface area (Å²) in [6.07, 6.45) is 0. The fourth-order valence-electron chi connectivity index (χ4n) is 2.24. The minimum Gasteiger partial charge on any atom is -0.363 e. The molecule has 1 aliphatic rings. The van der Waals surface area contributed by atoms with E-state index in [9.17, 15) is 0 Å². The van der Waals surface area contributed by atoms with Crippen molar-refractivity contribution in [1.29, 1.82) is 0 Å². The second kappa shape index (κ2) is 5.12. The normalized spacial score (nSPS) is 22.8. The Labute approximate surface area is 117 Å². The van der Waals surface area contributed by atoms with Gasteiger partial charge in [0.15, 0.2) is 0 Å². The molecule has 90 valence electrons. The molecule has 3 heteroatoms. The zero-order chi connectivity index (χ0) is 12.4. The molecule has 0 aromatic heterocycles. The van der Waals surface area contributed by atoms with Gasteiger partial charge in [-0.3, -0.25) is 0 Å². The van der Waals surface area contributed by atoms with Gasteiger partial charge in [-0.1, -0.05) is 84.6 Å². The Bertz CT molecular complexity index is 489. The standard InChI is InChI=1S/C15H13NS2/c17-15-16-13(11-7-3-1-4-8-11)14(18-15)12-9-5-2-6-10-12/h1-10,13-14H,(H,16,17)/t13-,14-/m1/s1. The number of benzene rings is 2. The Morgan fingerprint density at radius 3 is 2.00 bits per heavy atom. The number of rotatable bonds is 2. The monoisotopic (exact) mass is 271 g/mol. The van der Waals surface area contributed by atoms with Crippen molar-refractivity contribution < 1.29 is 0 Å². The van der Waals surface area contributed by atoms with Gasteiger partial charge >= 0.3 is 0 Å². The van der Waals surface area contributed by atoms with Crippen LogP contribution in [0.25, 0.3) is 0 Å². The van der Waals surface area contributed by atoms with E-state index in [0.717, 1.165) is 4.32 Å². The van der Waals surface area contributed by atoms with E-state index in [0.29, 0.717) is 5.25 Å². The van der Waals surface area contributed by atoms with Gasteiger partial charge in [0.1, 0.15) is 4.32 Å². The lowest BCUT2D eigenvalue weighted by molar-refractivity contribution is 0.657. The van der Waals surface area contributed by atoms with Crippen LogP contribution in [0.5, 0.6) is 0 Å². The second-order valence-electron chi connectivity index (χ2n) is 4.27. The summed E-state index contributed by atoms with van der Waals surface area (Å²) in [6.45, 7) is 0. The molecule has 0 amide bonds. The van der Waals surface area contributed by atoms with Crippen LogP contribution in [-0.2, 0) is 0 Å². The van der Waals surface area contributed by atoms with Crippen molar-refractivity contribution in [2.24, 2.45) is 0 Å². The van der Waals surface area contributed by atoms with Gasteiger partial charge in [-0.05, 0) is 11.1 Å². The summed E-state index contributed by atoms with van der Waals surface area (Å²) in [5.41, 5.74) is 2.61. The fourth-order valence-corrected chi connectivity index (χ4v) is 3.76. The molecule has 1 heterocycles. The lowest BCUT2D eigenvalue weighted by Crippen LogP contribution is -2.19. The molecule has 0 spiro atoms. The van der Waals surface area contributed by atoms with Crippen molar-refractivity contribution in [3.63, 3.8) is 0 Å². The van der Waals surface area contributed by atoms with Gasteiger partial charge in [0.2, 0.25) is 0 Å². The third-order valence-electron chi connectivity index (χ3n) is 3.10. The molecule has 3 rings (SSSR count). The number of nitrogens with one attached hydrogen (secondary N) is 1. The van der Waals surface area contributed by atoms with Crippen LogP contribution < -0.4 is 5.32 Å². The zero-order valence-electron chi connectivity index (χ0n) is 9.74. The highest BCUT2D eigenvalue weighted by molar-refractivity contribution is 8.23. The summed E-state index contributed by atoms with van der Waals surface area (Å²) in [7, 11) is 0. The van der Waals surface area contributed by atoms with Gasteiger partial charge in [-0.2, -0.15) is 0 Å². The molecule has 1 N–H and O–H groups in total. The minimum absolute atomic E-state index is 0.270. The van der Waals surface area contributed by atoms with E-state index in [1.54, 1.807) is 11.8 Å². The summed E-state index contributed by atoms with van der Waals surface area (Å²) in [4.78, 5) is 0. The summed E-state index contributed by atoms with van der Waals surface area (Å²) < 4.78 is 0.887. The third kappa shape index (κ3) is 2.28. The van der Waals surface area contributed by atoms with E-state index in [4.69, 9.17) is 12.2 Å². The van der Waals surface area contributed by atoms with E-state index in [2.05, 4.69) is 53.8 Å². The van der Waals surface area contributed by atoms with E-state index >= 15 is 0 Å². The van der Waals surface area contributed by atoms with Crippen molar-refractivity contribution in [3.8, 4) is 0 Å². The maximum absolute atomic E-state index is 5.32. The average Bonchev–Trinajstić information content (AvgIpc) is 2.83. The van der Waals surface area contributed by atoms with Gasteiger partial charge in [-0.25, -0.2) is 0 Å². The SMILES string of the molecule is S=C1N[C@H](c2ccccc2)[C@@H](c2ccccc2)S1. The first-order valence-corrected chi connectivity index (χ1v) is 7.20. The van der Waals surface area contributed by atoms with Gasteiger partial charge < -0.3 is 5.32 Å². The van der Waals surface area contributed by atoms with Crippen molar-refractivity contribution in [3.05, 3.63) is 71.8 Å². The van der Waals surface area contributed by atoms with Crippen LogP contribution in [-0.4, -0.2) is 4.32 Å². The molecule has 0 bridgehead atoms. The average molecular weight is 271 g/mol. The first-order chi connectivity index (χ1) is 8.84. The molecule has 0 unspecified atom stereocenters. The van der Waals surface area contributed by atoms with Crippen LogP contribution in [0.4, 0.5) is 0 Å². The quantitative estimate of drug-likeness (QED) is 0.826. The molecule has 18 heavy (non-hydrogen) atoms. The van der Waals surface area contributed by atoms with Crippen molar-refractivity contribution in [2.75, 3.05) is 0 Å². The lowest BCUT2D eigenvalue weighted by Gasteiger charge is -2.18. The molecule has 1 nitrogen and oxygen atoms in total. The summed E-state index contributed by atoms with van der Waals surface area (Å²) >= 11 is 7.07. The predicted octanol–water partition coefficient (Wildman–Crippen LogP) is 4.09. The van der Waals surface area contributed by atoms with Crippen LogP contribution in [0.1, 0.15) is 22.4 Å². The van der Waals surface area contributed by atoms with Crippen molar-refractivity contribution in [1.82, 2.24) is 5.32 Å². The molecule has 1 aliphatic heterocycles. The molecule has 1 fully saturated rings. The maximum Gasteiger partial charge on any atom is 0.134 e. The smallest absolute Gasteiger partial charge is 0.134 e. The Balaban J connectivity index is 1.96. The van der Waals surface area contributed by atoms with Crippen LogP contribution in [0.15, 0.2) is 60.7 Å². The highest BCUT2D eigenvalue weighted by Gasteiger charge is 2.33. The van der Waals surface area contributed by atoms with Crippen LogP contribution in [0.3, 0.4) is 0 Å². The summed E-state index contributed by atoms with van der Waals surface area (Å²) in [6, 6.07) is 21.3.